The number of nitrogens with one attached hydrogen (secondary N) is 1. The Kier molecular flexibility index (Phi) is 5.70. The molecule has 9 heteroatoms. The molecule has 0 aliphatic carbocycles. The lowest BCUT2D eigenvalue weighted by Crippen LogP contribution is -2.50. The maximum absolute atomic E-state index is 13.4. The molecule has 5 rings (SSSR count). The van der Waals surface area contributed by atoms with Crippen LogP contribution in [0, 0.1) is 11.6 Å². The van der Waals surface area contributed by atoms with Crippen molar-refractivity contribution in [2.75, 3.05) is 25.0 Å². The van der Waals surface area contributed by atoms with Crippen molar-refractivity contribution in [3.05, 3.63) is 59.8 Å². The summed E-state index contributed by atoms with van der Waals surface area (Å²) in [5.74, 6) is -0.666. The number of rotatable bonds is 3. The van der Waals surface area contributed by atoms with E-state index >= 15 is 0 Å². The highest BCUT2D eigenvalue weighted by atomic mass is 19.1. The SMILES string of the molecule is O=C(C1CCCN1C(=O)Nc1ccc(F)cc1)N1CCC(c2noc3cc(F)ccc23)CC1. The van der Waals surface area contributed by atoms with Crippen LogP contribution in [0.5, 0.6) is 0 Å². The van der Waals surface area contributed by atoms with Crippen LogP contribution in [0.25, 0.3) is 11.0 Å². The quantitative estimate of drug-likeness (QED) is 0.632. The van der Waals surface area contributed by atoms with Gasteiger partial charge in [-0.2, -0.15) is 0 Å². The second-order valence-electron chi connectivity index (χ2n) is 8.60. The standard InChI is InChI=1S/C24H24F2N4O3/c25-16-3-6-18(7-4-16)27-24(32)30-11-1-2-20(30)23(31)29-12-9-15(10-13-29)22-19-8-5-17(26)14-21(19)33-28-22/h3-8,14-15,20H,1-2,9-13H2,(H,27,32). The molecule has 1 atom stereocenters. The fourth-order valence-electron chi connectivity index (χ4n) is 4.80. The molecule has 2 fully saturated rings. The summed E-state index contributed by atoms with van der Waals surface area (Å²) in [7, 11) is 0. The lowest BCUT2D eigenvalue weighted by Gasteiger charge is -2.35. The highest BCUT2D eigenvalue weighted by molar-refractivity contribution is 5.94. The molecule has 3 heterocycles. The van der Waals surface area contributed by atoms with Crippen molar-refractivity contribution in [2.45, 2.75) is 37.6 Å². The van der Waals surface area contributed by atoms with Gasteiger partial charge in [0.1, 0.15) is 17.7 Å². The molecule has 3 aromatic rings. The van der Waals surface area contributed by atoms with E-state index in [0.29, 0.717) is 37.3 Å². The topological polar surface area (TPSA) is 78.7 Å². The minimum Gasteiger partial charge on any atom is -0.356 e. The molecule has 0 radical (unpaired) electrons. The Morgan fingerprint density at radius 2 is 1.70 bits per heavy atom. The van der Waals surface area contributed by atoms with Crippen LogP contribution in [0.1, 0.15) is 37.3 Å². The van der Waals surface area contributed by atoms with Crippen molar-refractivity contribution >= 4 is 28.6 Å². The fraction of sp³-hybridized carbons (Fsp3) is 0.375. The molecule has 1 N–H and O–H groups in total. The third-order valence-electron chi connectivity index (χ3n) is 6.55. The average Bonchev–Trinajstić information content (AvgIpc) is 3.47. The van der Waals surface area contributed by atoms with Crippen molar-refractivity contribution < 1.29 is 22.9 Å². The van der Waals surface area contributed by atoms with E-state index in [0.717, 1.165) is 30.3 Å². The molecule has 2 aromatic carbocycles. The van der Waals surface area contributed by atoms with E-state index in [4.69, 9.17) is 4.52 Å². The van der Waals surface area contributed by atoms with Gasteiger partial charge in [-0.1, -0.05) is 5.16 Å². The lowest BCUT2D eigenvalue weighted by molar-refractivity contribution is -0.136. The van der Waals surface area contributed by atoms with E-state index in [2.05, 4.69) is 10.5 Å². The van der Waals surface area contributed by atoms with Gasteiger partial charge in [-0.15, -0.1) is 0 Å². The van der Waals surface area contributed by atoms with Gasteiger partial charge in [-0.05, 0) is 62.1 Å². The van der Waals surface area contributed by atoms with E-state index < -0.39 is 6.04 Å². The Balaban J connectivity index is 1.21. The first-order chi connectivity index (χ1) is 16.0. The van der Waals surface area contributed by atoms with Crippen molar-refractivity contribution in [3.63, 3.8) is 0 Å². The van der Waals surface area contributed by atoms with Gasteiger partial charge in [0.15, 0.2) is 5.58 Å². The number of hydrogen-bond acceptors (Lipinski definition) is 4. The zero-order chi connectivity index (χ0) is 22.9. The van der Waals surface area contributed by atoms with Gasteiger partial charge in [-0.3, -0.25) is 4.79 Å². The molecule has 2 aliphatic rings. The predicted octanol–water partition coefficient (Wildman–Crippen LogP) is 4.51. The first kappa shape index (κ1) is 21.4. The van der Waals surface area contributed by atoms with Crippen LogP contribution in [0.3, 0.4) is 0 Å². The number of urea groups is 1. The van der Waals surface area contributed by atoms with Crippen LogP contribution in [0.2, 0.25) is 0 Å². The molecule has 3 amide bonds. The van der Waals surface area contributed by atoms with Crippen LogP contribution in [-0.4, -0.2) is 52.6 Å². The Bertz CT molecular complexity index is 1170. The number of halogens is 2. The minimum absolute atomic E-state index is 0.0488. The van der Waals surface area contributed by atoms with Gasteiger partial charge >= 0.3 is 6.03 Å². The number of likely N-dealkylation sites (tertiary alicyclic amines) is 2. The van der Waals surface area contributed by atoms with Crippen LogP contribution in [0.15, 0.2) is 47.0 Å². The second-order valence-corrected chi connectivity index (χ2v) is 8.60. The molecule has 1 unspecified atom stereocenters. The summed E-state index contributed by atoms with van der Waals surface area (Å²) in [6.07, 6.45) is 2.82. The van der Waals surface area contributed by atoms with E-state index in [-0.39, 0.29) is 29.5 Å². The zero-order valence-electron chi connectivity index (χ0n) is 18.0. The van der Waals surface area contributed by atoms with Crippen LogP contribution in [-0.2, 0) is 4.79 Å². The largest absolute Gasteiger partial charge is 0.356 e. The predicted molar refractivity (Wildman–Crippen MR) is 118 cm³/mol. The van der Waals surface area contributed by atoms with Gasteiger partial charge < -0.3 is 19.6 Å². The molecular formula is C24H24F2N4O3. The number of carbonyl (C=O) groups is 2. The van der Waals surface area contributed by atoms with Crippen molar-refractivity contribution in [1.29, 1.82) is 0 Å². The van der Waals surface area contributed by atoms with Gasteiger partial charge in [0, 0.05) is 42.7 Å². The Morgan fingerprint density at radius 3 is 2.45 bits per heavy atom. The Morgan fingerprint density at radius 1 is 0.970 bits per heavy atom. The summed E-state index contributed by atoms with van der Waals surface area (Å²) >= 11 is 0. The summed E-state index contributed by atoms with van der Waals surface area (Å²) in [6, 6.07) is 9.10. The normalized spacial score (nSPS) is 19.3. The first-order valence-electron chi connectivity index (χ1n) is 11.2. The number of piperidine rings is 1. The molecule has 33 heavy (non-hydrogen) atoms. The lowest BCUT2D eigenvalue weighted by atomic mass is 9.91. The molecule has 0 bridgehead atoms. The Labute approximate surface area is 189 Å². The smallest absolute Gasteiger partial charge is 0.322 e. The molecular weight excluding hydrogens is 430 g/mol. The van der Waals surface area contributed by atoms with Crippen LogP contribution in [0.4, 0.5) is 19.3 Å². The number of anilines is 1. The first-order valence-corrected chi connectivity index (χ1v) is 11.2. The molecule has 7 nitrogen and oxygen atoms in total. The maximum atomic E-state index is 13.4. The number of hydrogen-bond donors (Lipinski definition) is 1. The average molecular weight is 454 g/mol. The van der Waals surface area contributed by atoms with Gasteiger partial charge in [0.05, 0.1) is 5.69 Å². The Hall–Kier alpha value is -3.49. The fourth-order valence-corrected chi connectivity index (χ4v) is 4.80. The molecule has 172 valence electrons. The highest BCUT2D eigenvalue weighted by Crippen LogP contribution is 2.33. The summed E-state index contributed by atoms with van der Waals surface area (Å²) in [4.78, 5) is 29.4. The third kappa shape index (κ3) is 4.27. The summed E-state index contributed by atoms with van der Waals surface area (Å²) in [5, 5.41) is 7.71. The minimum atomic E-state index is -0.502. The number of amides is 3. The van der Waals surface area contributed by atoms with E-state index in [9.17, 15) is 18.4 Å². The molecule has 0 spiro atoms. The number of aromatic nitrogens is 1. The van der Waals surface area contributed by atoms with Crippen LogP contribution >= 0.6 is 0 Å². The second kappa shape index (κ2) is 8.80. The summed E-state index contributed by atoms with van der Waals surface area (Å²) in [5.41, 5.74) is 1.72. The van der Waals surface area contributed by atoms with Crippen molar-refractivity contribution in [2.24, 2.45) is 0 Å². The van der Waals surface area contributed by atoms with Gasteiger partial charge in [-0.25, -0.2) is 13.6 Å². The third-order valence-corrected chi connectivity index (χ3v) is 6.55. The number of fused-ring (bicyclic) bond motifs is 1. The summed E-state index contributed by atoms with van der Waals surface area (Å²) in [6.45, 7) is 1.62. The van der Waals surface area contributed by atoms with Crippen molar-refractivity contribution in [1.82, 2.24) is 15.0 Å². The van der Waals surface area contributed by atoms with E-state index in [1.165, 1.54) is 36.4 Å². The molecule has 0 saturated carbocycles. The monoisotopic (exact) mass is 454 g/mol. The van der Waals surface area contributed by atoms with Crippen LogP contribution < -0.4 is 5.32 Å². The molecule has 1 aromatic heterocycles. The molecule has 2 saturated heterocycles. The number of nitrogens with zero attached hydrogens (tertiary/aromatic N) is 3. The van der Waals surface area contributed by atoms with E-state index in [1.54, 1.807) is 11.0 Å². The van der Waals surface area contributed by atoms with Gasteiger partial charge in [0.25, 0.3) is 0 Å². The van der Waals surface area contributed by atoms with Gasteiger partial charge in [0.2, 0.25) is 5.91 Å². The number of benzene rings is 2. The zero-order valence-corrected chi connectivity index (χ0v) is 18.0. The van der Waals surface area contributed by atoms with E-state index in [1.807, 2.05) is 4.90 Å². The maximum Gasteiger partial charge on any atom is 0.322 e. The van der Waals surface area contributed by atoms with Crippen molar-refractivity contribution in [3.8, 4) is 0 Å². The highest BCUT2D eigenvalue weighted by Gasteiger charge is 2.38. The summed E-state index contributed by atoms with van der Waals surface area (Å²) < 4.78 is 31.8. The molecule has 2 aliphatic heterocycles. The number of carbonyl (C=O) groups excluding carboxylic acids is 2.